The van der Waals surface area contributed by atoms with Gasteiger partial charge >= 0.3 is 6.09 Å². The van der Waals surface area contributed by atoms with Gasteiger partial charge in [-0.3, -0.25) is 4.79 Å². The summed E-state index contributed by atoms with van der Waals surface area (Å²) in [5.74, 6) is 3.20. The molecule has 7 nitrogen and oxygen atoms in total. The van der Waals surface area contributed by atoms with Crippen LogP contribution in [0.25, 0.3) is 0 Å². The summed E-state index contributed by atoms with van der Waals surface area (Å²) in [4.78, 5) is 25.0. The van der Waals surface area contributed by atoms with E-state index in [0.717, 1.165) is 61.7 Å². The monoisotopic (exact) mass is 576 g/mol. The molecule has 5 rings (SSSR count). The number of carbonyl (C=O) groups excluding carboxylic acids is 2. The maximum atomic E-state index is 12.9. The molecule has 228 valence electrons. The van der Waals surface area contributed by atoms with E-state index in [0.29, 0.717) is 12.3 Å². The number of hydrogen-bond acceptors (Lipinski definition) is 5. The largest absolute Gasteiger partial charge is 0.493 e. The SMILES string of the molecule is C[C@H](NC(=O)C1CC[C@@H](NC(=O)OC(C)(C)C)C1)c1ccc(O[C@@H]2CCC(Cc3ccc(OCC4CC4)cc3)C2)cc1. The molecule has 2 aromatic rings. The Morgan fingerprint density at radius 3 is 2.24 bits per heavy atom. The third-order valence-electron chi connectivity index (χ3n) is 8.69. The first-order valence-electron chi connectivity index (χ1n) is 15.9. The van der Waals surface area contributed by atoms with Crippen molar-refractivity contribution in [3.8, 4) is 11.5 Å². The van der Waals surface area contributed by atoms with E-state index in [4.69, 9.17) is 14.2 Å². The van der Waals surface area contributed by atoms with Crippen molar-refractivity contribution in [1.82, 2.24) is 10.6 Å². The van der Waals surface area contributed by atoms with Crippen molar-refractivity contribution in [2.75, 3.05) is 6.61 Å². The molecule has 42 heavy (non-hydrogen) atoms. The molecule has 3 fully saturated rings. The van der Waals surface area contributed by atoms with Crippen LogP contribution in [-0.4, -0.2) is 36.4 Å². The second-order valence-corrected chi connectivity index (χ2v) is 13.7. The van der Waals surface area contributed by atoms with Crippen LogP contribution < -0.4 is 20.1 Å². The van der Waals surface area contributed by atoms with E-state index in [1.165, 1.54) is 24.8 Å². The van der Waals surface area contributed by atoms with E-state index in [-0.39, 0.29) is 30.0 Å². The van der Waals surface area contributed by atoms with Gasteiger partial charge in [-0.15, -0.1) is 0 Å². The van der Waals surface area contributed by atoms with Gasteiger partial charge in [-0.25, -0.2) is 4.79 Å². The van der Waals surface area contributed by atoms with Crippen LogP contribution in [0.15, 0.2) is 48.5 Å². The fourth-order valence-corrected chi connectivity index (χ4v) is 6.14. The van der Waals surface area contributed by atoms with Crippen molar-refractivity contribution < 1.29 is 23.8 Å². The Morgan fingerprint density at radius 1 is 0.857 bits per heavy atom. The summed E-state index contributed by atoms with van der Waals surface area (Å²) in [5.41, 5.74) is 1.88. The van der Waals surface area contributed by atoms with Crippen LogP contribution in [0.1, 0.15) is 96.2 Å². The first-order valence-corrected chi connectivity index (χ1v) is 15.9. The predicted octanol–water partition coefficient (Wildman–Crippen LogP) is 7.14. The predicted molar refractivity (Wildman–Crippen MR) is 164 cm³/mol. The van der Waals surface area contributed by atoms with Crippen molar-refractivity contribution in [2.45, 2.75) is 109 Å². The molecule has 5 atom stereocenters. The van der Waals surface area contributed by atoms with Gasteiger partial charge in [0, 0.05) is 12.0 Å². The Balaban J connectivity index is 1.02. The van der Waals surface area contributed by atoms with Crippen LogP contribution in [0.5, 0.6) is 11.5 Å². The highest BCUT2D eigenvalue weighted by molar-refractivity contribution is 5.79. The fourth-order valence-electron chi connectivity index (χ4n) is 6.14. The summed E-state index contributed by atoms with van der Waals surface area (Å²) >= 11 is 0. The van der Waals surface area contributed by atoms with Gasteiger partial charge in [0.25, 0.3) is 0 Å². The Kier molecular flexibility index (Phi) is 9.64. The van der Waals surface area contributed by atoms with Crippen molar-refractivity contribution in [3.63, 3.8) is 0 Å². The Labute approximate surface area is 251 Å². The first kappa shape index (κ1) is 30.2. The summed E-state index contributed by atoms with van der Waals surface area (Å²) < 4.78 is 17.6. The number of nitrogens with one attached hydrogen (secondary N) is 2. The standard InChI is InChI=1S/C35H48N2O5/c1-23(36-33(38)28-10-13-29(21-28)37-34(39)42-35(2,3)4)27-11-17-31(18-12-27)41-32-16-9-26(20-32)19-24-7-14-30(15-8-24)40-22-25-5-6-25/h7-8,11-12,14-15,17-18,23,25-26,28-29,32H,5-6,9-10,13,16,19-22H2,1-4H3,(H,36,38)(H,37,39)/t23-,26?,28?,29+,32+/m0/s1. The van der Waals surface area contributed by atoms with Crippen LogP contribution >= 0.6 is 0 Å². The highest BCUT2D eigenvalue weighted by Crippen LogP contribution is 2.33. The van der Waals surface area contributed by atoms with E-state index in [1.807, 2.05) is 52.0 Å². The third-order valence-corrected chi connectivity index (χ3v) is 8.69. The quantitative estimate of drug-likeness (QED) is 0.297. The van der Waals surface area contributed by atoms with Crippen molar-refractivity contribution in [2.24, 2.45) is 17.8 Å². The average molecular weight is 577 g/mol. The Hall–Kier alpha value is -3.22. The molecule has 0 heterocycles. The zero-order valence-corrected chi connectivity index (χ0v) is 25.7. The van der Waals surface area contributed by atoms with Crippen LogP contribution in [-0.2, 0) is 16.0 Å². The van der Waals surface area contributed by atoms with E-state index in [9.17, 15) is 9.59 Å². The Bertz CT molecular complexity index is 1190. The molecule has 2 aromatic carbocycles. The molecule has 3 aliphatic carbocycles. The molecule has 0 aromatic heterocycles. The van der Waals surface area contributed by atoms with Crippen LogP contribution in [0.4, 0.5) is 4.79 Å². The number of ether oxygens (including phenoxy) is 3. The Morgan fingerprint density at radius 2 is 1.55 bits per heavy atom. The van der Waals surface area contributed by atoms with Gasteiger partial charge < -0.3 is 24.8 Å². The minimum atomic E-state index is -0.535. The molecule has 0 bridgehead atoms. The number of alkyl carbamates (subject to hydrolysis) is 1. The van der Waals surface area contributed by atoms with E-state index < -0.39 is 11.7 Å². The zero-order valence-electron chi connectivity index (χ0n) is 25.7. The summed E-state index contributed by atoms with van der Waals surface area (Å²) in [6.45, 7) is 8.39. The summed E-state index contributed by atoms with van der Waals surface area (Å²) in [6.07, 6.45) is 9.02. The van der Waals surface area contributed by atoms with Crippen LogP contribution in [0.2, 0.25) is 0 Å². The summed E-state index contributed by atoms with van der Waals surface area (Å²) in [5, 5.41) is 6.07. The molecule has 3 aliphatic rings. The van der Waals surface area contributed by atoms with Gasteiger partial charge in [0.05, 0.1) is 18.8 Å². The van der Waals surface area contributed by atoms with E-state index >= 15 is 0 Å². The van der Waals surface area contributed by atoms with E-state index in [2.05, 4.69) is 34.9 Å². The minimum Gasteiger partial charge on any atom is -0.493 e. The lowest BCUT2D eigenvalue weighted by atomic mass is 9.98. The topological polar surface area (TPSA) is 85.9 Å². The molecule has 7 heteroatoms. The molecule has 0 saturated heterocycles. The van der Waals surface area contributed by atoms with Crippen molar-refractivity contribution in [3.05, 3.63) is 59.7 Å². The maximum Gasteiger partial charge on any atom is 0.407 e. The molecular formula is C35H48N2O5. The van der Waals surface area contributed by atoms with Gasteiger partial charge in [0.15, 0.2) is 0 Å². The summed E-state index contributed by atoms with van der Waals surface area (Å²) in [6, 6.07) is 16.6. The zero-order chi connectivity index (χ0) is 29.7. The van der Waals surface area contributed by atoms with Gasteiger partial charge in [-0.1, -0.05) is 24.3 Å². The lowest BCUT2D eigenvalue weighted by Gasteiger charge is -2.22. The number of hydrogen-bond donors (Lipinski definition) is 2. The fraction of sp³-hybridized carbons (Fsp3) is 0.600. The molecule has 0 radical (unpaired) electrons. The number of benzene rings is 2. The number of carbonyl (C=O) groups is 2. The van der Waals surface area contributed by atoms with E-state index in [1.54, 1.807) is 0 Å². The second kappa shape index (κ2) is 13.4. The van der Waals surface area contributed by atoms with Gasteiger partial charge in [0.1, 0.15) is 17.1 Å². The van der Waals surface area contributed by atoms with Gasteiger partial charge in [0.2, 0.25) is 5.91 Å². The van der Waals surface area contributed by atoms with Crippen molar-refractivity contribution in [1.29, 1.82) is 0 Å². The van der Waals surface area contributed by atoms with Crippen molar-refractivity contribution >= 4 is 12.0 Å². The minimum absolute atomic E-state index is 0.0331. The molecule has 2 unspecified atom stereocenters. The van der Waals surface area contributed by atoms with Crippen LogP contribution in [0.3, 0.4) is 0 Å². The second-order valence-electron chi connectivity index (χ2n) is 13.7. The lowest BCUT2D eigenvalue weighted by molar-refractivity contribution is -0.125. The molecule has 3 saturated carbocycles. The molecule has 0 spiro atoms. The molecule has 0 aliphatic heterocycles. The average Bonchev–Trinajstić information content (AvgIpc) is 3.48. The number of amides is 2. The highest BCUT2D eigenvalue weighted by Gasteiger charge is 2.32. The first-order chi connectivity index (χ1) is 20.1. The highest BCUT2D eigenvalue weighted by atomic mass is 16.6. The van der Waals surface area contributed by atoms with Crippen LogP contribution in [0, 0.1) is 17.8 Å². The normalized spacial score (nSPS) is 24.6. The third kappa shape index (κ3) is 9.14. The summed E-state index contributed by atoms with van der Waals surface area (Å²) in [7, 11) is 0. The molecule has 2 N–H and O–H groups in total. The lowest BCUT2D eigenvalue weighted by Crippen LogP contribution is -2.38. The molecule has 2 amide bonds. The van der Waals surface area contributed by atoms with Gasteiger partial charge in [-0.05, 0) is 133 Å². The smallest absolute Gasteiger partial charge is 0.407 e. The van der Waals surface area contributed by atoms with Gasteiger partial charge in [-0.2, -0.15) is 0 Å². The molecular weight excluding hydrogens is 528 g/mol. The maximum absolute atomic E-state index is 12.9. The number of rotatable bonds is 11.